The summed E-state index contributed by atoms with van der Waals surface area (Å²) in [5.41, 5.74) is 14.6. The molecule has 0 radical (unpaired) electrons. The molecule has 77 heavy (non-hydrogen) atoms. The molecule has 2 aromatic heterocycles. The van der Waals surface area contributed by atoms with Crippen molar-refractivity contribution < 1.29 is 17.1 Å². The summed E-state index contributed by atoms with van der Waals surface area (Å²) in [6.45, 7) is 7.56. The number of rotatable bonds is 11. The second-order valence-corrected chi connectivity index (χ2v) is 22.1. The van der Waals surface area contributed by atoms with Crippen LogP contribution in [0.4, 0.5) is 22.7 Å². The van der Waals surface area contributed by atoms with Crippen molar-refractivity contribution in [1.29, 1.82) is 0 Å². The van der Waals surface area contributed by atoms with Crippen LogP contribution in [0.25, 0.3) is 72.1 Å². The van der Waals surface area contributed by atoms with Crippen LogP contribution in [0, 0.1) is 5.89 Å². The molecule has 11 aromatic rings. The number of benzene rings is 9. The molecular formula is C72H66N4O. The van der Waals surface area contributed by atoms with Crippen LogP contribution >= 0.6 is 0 Å². The highest BCUT2D eigenvalue weighted by Gasteiger charge is 2.32. The first-order chi connectivity index (χ1) is 40.9. The molecule has 1 aliphatic heterocycles. The zero-order valence-corrected chi connectivity index (χ0v) is 44.3. The molecule has 0 atom stereocenters. The van der Waals surface area contributed by atoms with E-state index in [1.165, 1.54) is 11.1 Å². The first kappa shape index (κ1) is 39.7. The van der Waals surface area contributed by atoms with E-state index in [0.29, 0.717) is 34.8 Å². The Kier molecular flexibility index (Phi) is 10.2. The third-order valence-corrected chi connectivity index (χ3v) is 14.8. The molecular weight excluding hydrogens is 937 g/mol. The number of aromatic nitrogens is 2. The Morgan fingerprint density at radius 3 is 1.78 bits per heavy atom. The molecule has 1 aliphatic rings. The summed E-state index contributed by atoms with van der Waals surface area (Å²) in [6, 6.07) is 70.9. The SMILES string of the molecule is [2H]c1nc(-n2c3ccc(-c4ccccc4)cc3c3ccc(Oc4cccc(N5CN(c6c(-c7ccccc7)cccc6-c6cc(C(C)(C)C)cc(C(C)(C)C)c6)c6ccccc65)c4)cc32)c([2H])c(CC([2H])(C([2H])([2H])[2H])C([2H])([2H])[2H])c1-c1ccccc1. The van der Waals surface area contributed by atoms with Gasteiger partial charge in [0.15, 0.2) is 0 Å². The summed E-state index contributed by atoms with van der Waals surface area (Å²) in [6.07, 6.45) is -1.18. The number of hydrogen-bond donors (Lipinski definition) is 0. The number of ether oxygens (including phenoxy) is 1. The lowest BCUT2D eigenvalue weighted by atomic mass is 9.78. The van der Waals surface area contributed by atoms with Gasteiger partial charge in [-0.1, -0.05) is 207 Å². The van der Waals surface area contributed by atoms with Gasteiger partial charge in [-0.05, 0) is 122 Å². The van der Waals surface area contributed by atoms with Gasteiger partial charge in [-0.2, -0.15) is 0 Å². The molecule has 0 saturated carbocycles. The molecule has 380 valence electrons. The predicted molar refractivity (Wildman–Crippen MR) is 325 cm³/mol. The average Bonchev–Trinajstić information content (AvgIpc) is 1.49. The van der Waals surface area contributed by atoms with Gasteiger partial charge in [0.25, 0.3) is 0 Å². The molecule has 12 rings (SSSR count). The average molecular weight is 1010 g/mol. The molecule has 5 heteroatoms. The molecule has 0 aliphatic carbocycles. The van der Waals surface area contributed by atoms with Gasteiger partial charge in [0.05, 0.1) is 30.8 Å². The summed E-state index contributed by atoms with van der Waals surface area (Å²) in [5.74, 6) is -2.03. The summed E-state index contributed by atoms with van der Waals surface area (Å²) in [7, 11) is 0. The first-order valence-electron chi connectivity index (χ1n) is 30.8. The number of hydrogen-bond acceptors (Lipinski definition) is 4. The summed E-state index contributed by atoms with van der Waals surface area (Å²) in [5, 5.41) is 1.59. The predicted octanol–water partition coefficient (Wildman–Crippen LogP) is 19.7. The Bertz CT molecular complexity index is 4330. The summed E-state index contributed by atoms with van der Waals surface area (Å²) < 4.78 is 87.8. The van der Waals surface area contributed by atoms with Crippen LogP contribution in [0.1, 0.15) is 84.3 Å². The van der Waals surface area contributed by atoms with Crippen molar-refractivity contribution in [2.45, 2.75) is 72.5 Å². The molecule has 5 nitrogen and oxygen atoms in total. The zero-order chi connectivity index (χ0) is 60.7. The number of nitrogens with zero attached hydrogens (tertiary/aromatic N) is 4. The highest BCUT2D eigenvalue weighted by molar-refractivity contribution is 6.11. The standard InChI is InChI=1S/C72H66N4O/c1-48(2)38-53-42-69(73-46-64(53)51-26-16-11-17-27-51)76-65-37-34-52(49-22-12-9-13-23-49)41-63(65)62-36-35-59(45-68(62)76)77-58-29-20-28-57(44-58)74-47-75(67-33-19-18-32-66(67)74)70-60(50-24-14-10-15-25-50)30-21-31-61(70)54-39-55(71(3,4)5)43-56(40-54)72(6,7)8/h9-37,39-46,48H,38,47H2,1-8H3/i1D3,2D3,42D,46D,48D. The van der Waals surface area contributed by atoms with Gasteiger partial charge in [0.1, 0.15) is 24.0 Å². The fraction of sp³-hybridized carbons (Fsp3) is 0.181. The maximum Gasteiger partial charge on any atom is 0.137 e. The van der Waals surface area contributed by atoms with Crippen LogP contribution in [0.15, 0.2) is 225 Å². The largest absolute Gasteiger partial charge is 0.457 e. The molecule has 0 unspecified atom stereocenters. The highest BCUT2D eigenvalue weighted by atomic mass is 16.5. The van der Waals surface area contributed by atoms with Crippen molar-refractivity contribution >= 4 is 44.6 Å². The molecule has 0 amide bonds. The number of anilines is 4. The quantitative estimate of drug-likeness (QED) is 0.129. The van der Waals surface area contributed by atoms with Gasteiger partial charge in [0.2, 0.25) is 0 Å². The lowest BCUT2D eigenvalue weighted by Crippen LogP contribution is -2.25. The van der Waals surface area contributed by atoms with E-state index in [1.54, 1.807) is 34.9 Å². The minimum atomic E-state index is -3.29. The van der Waals surface area contributed by atoms with Crippen LogP contribution < -0.4 is 14.5 Å². The van der Waals surface area contributed by atoms with Crippen molar-refractivity contribution in [2.75, 3.05) is 16.5 Å². The fourth-order valence-electron chi connectivity index (χ4n) is 10.8. The van der Waals surface area contributed by atoms with Crippen LogP contribution in [-0.4, -0.2) is 16.2 Å². The van der Waals surface area contributed by atoms with Crippen molar-refractivity contribution in [3.05, 3.63) is 241 Å². The monoisotopic (exact) mass is 1010 g/mol. The van der Waals surface area contributed by atoms with E-state index >= 15 is 0 Å². The summed E-state index contributed by atoms with van der Waals surface area (Å²) in [4.78, 5) is 9.57. The number of pyridine rings is 1. The Labute approximate surface area is 467 Å². The maximum absolute atomic E-state index is 10.0. The van der Waals surface area contributed by atoms with E-state index in [4.69, 9.17) is 17.9 Å². The van der Waals surface area contributed by atoms with E-state index in [2.05, 4.69) is 154 Å². The third-order valence-electron chi connectivity index (χ3n) is 14.8. The highest BCUT2D eigenvalue weighted by Crippen LogP contribution is 2.51. The van der Waals surface area contributed by atoms with Gasteiger partial charge in [-0.15, -0.1) is 0 Å². The molecule has 3 heterocycles. The topological polar surface area (TPSA) is 33.5 Å². The van der Waals surface area contributed by atoms with Crippen LogP contribution in [0.3, 0.4) is 0 Å². The van der Waals surface area contributed by atoms with Gasteiger partial charge >= 0.3 is 0 Å². The summed E-state index contributed by atoms with van der Waals surface area (Å²) >= 11 is 0. The van der Waals surface area contributed by atoms with E-state index < -0.39 is 26.0 Å². The Balaban J connectivity index is 0.981. The maximum atomic E-state index is 10.0. The van der Waals surface area contributed by atoms with Crippen molar-refractivity contribution in [3.63, 3.8) is 0 Å². The lowest BCUT2D eigenvalue weighted by Gasteiger charge is -2.29. The number of fused-ring (bicyclic) bond motifs is 4. The van der Waals surface area contributed by atoms with Crippen LogP contribution in [0.2, 0.25) is 0 Å². The van der Waals surface area contributed by atoms with Crippen LogP contribution in [-0.2, 0) is 17.3 Å². The Hall–Kier alpha value is -8.67. The first-order valence-corrected chi connectivity index (χ1v) is 26.3. The Morgan fingerprint density at radius 1 is 0.519 bits per heavy atom. The van der Waals surface area contributed by atoms with E-state index in [9.17, 15) is 4.11 Å². The normalized spacial score (nSPS) is 14.9. The van der Waals surface area contributed by atoms with Crippen molar-refractivity contribution in [1.82, 2.24) is 9.55 Å². The van der Waals surface area contributed by atoms with E-state index in [-0.39, 0.29) is 40.0 Å². The molecule has 0 saturated heterocycles. The fourth-order valence-corrected chi connectivity index (χ4v) is 10.8. The molecule has 0 bridgehead atoms. The van der Waals surface area contributed by atoms with E-state index in [1.807, 2.05) is 78.9 Å². The third kappa shape index (κ3) is 9.57. The zero-order valence-electron chi connectivity index (χ0n) is 53.3. The Morgan fingerprint density at radius 2 is 1.12 bits per heavy atom. The molecule has 0 N–H and O–H groups in total. The van der Waals surface area contributed by atoms with Gasteiger partial charge < -0.3 is 14.5 Å². The van der Waals surface area contributed by atoms with Gasteiger partial charge in [-0.25, -0.2) is 4.98 Å². The molecule has 0 spiro atoms. The molecule has 9 aromatic carbocycles. The number of para-hydroxylation sites is 3. The molecule has 0 fully saturated rings. The van der Waals surface area contributed by atoms with Gasteiger partial charge in [0, 0.05) is 61.1 Å². The second-order valence-electron chi connectivity index (χ2n) is 22.1. The van der Waals surface area contributed by atoms with Crippen LogP contribution in [0.5, 0.6) is 11.5 Å². The minimum Gasteiger partial charge on any atom is -0.457 e. The minimum absolute atomic E-state index is 0.0273. The van der Waals surface area contributed by atoms with Gasteiger partial charge in [-0.3, -0.25) is 4.57 Å². The smallest absolute Gasteiger partial charge is 0.137 e. The lowest BCUT2D eigenvalue weighted by molar-refractivity contribution is 0.483. The van der Waals surface area contributed by atoms with E-state index in [0.717, 1.165) is 66.9 Å². The van der Waals surface area contributed by atoms with Crippen molar-refractivity contribution in [2.24, 2.45) is 5.89 Å². The van der Waals surface area contributed by atoms with Crippen molar-refractivity contribution in [3.8, 4) is 61.8 Å². The second kappa shape index (κ2) is 19.8.